The van der Waals surface area contributed by atoms with E-state index in [0.717, 1.165) is 11.4 Å². The summed E-state index contributed by atoms with van der Waals surface area (Å²) in [5, 5.41) is 2.95. The van der Waals surface area contributed by atoms with Gasteiger partial charge in [-0.3, -0.25) is 9.36 Å². The number of piperazine rings is 1. The fraction of sp³-hybridized carbons (Fsp3) is 0.261. The van der Waals surface area contributed by atoms with Gasteiger partial charge in [0.05, 0.1) is 11.4 Å². The van der Waals surface area contributed by atoms with Gasteiger partial charge >= 0.3 is 11.7 Å². The van der Waals surface area contributed by atoms with Crippen molar-refractivity contribution in [2.75, 3.05) is 36.4 Å². The maximum atomic E-state index is 12.9. The van der Waals surface area contributed by atoms with Crippen LogP contribution in [0.25, 0.3) is 5.69 Å². The first-order chi connectivity index (χ1) is 14.9. The number of carbonyl (C=O) groups is 2. The van der Waals surface area contributed by atoms with Gasteiger partial charge in [-0.05, 0) is 50.2 Å². The Bertz CT molecular complexity index is 1150. The Morgan fingerprint density at radius 2 is 1.65 bits per heavy atom. The standard InChI is InChI=1S/C23H25N5O3/c1-16-15-24-22(30)28(16)21-6-4-3-5-20(21)25-23(31)27-13-11-26(12-14-27)19-9-7-18(8-10-19)17(2)29/h3-10,15H,11-14H2,1-2H3,(H,24,30)(H,25,31). The normalized spacial score (nSPS) is 13.9. The van der Waals surface area contributed by atoms with E-state index < -0.39 is 0 Å². The minimum atomic E-state index is -0.247. The molecule has 1 aliphatic rings. The minimum absolute atomic E-state index is 0.0467. The number of urea groups is 1. The maximum absolute atomic E-state index is 12.9. The number of hydrogen-bond donors (Lipinski definition) is 2. The lowest BCUT2D eigenvalue weighted by Crippen LogP contribution is -2.50. The van der Waals surface area contributed by atoms with E-state index in [1.165, 1.54) is 4.57 Å². The Morgan fingerprint density at radius 3 is 2.26 bits per heavy atom. The van der Waals surface area contributed by atoms with E-state index in [9.17, 15) is 14.4 Å². The zero-order valence-corrected chi connectivity index (χ0v) is 17.6. The van der Waals surface area contributed by atoms with E-state index in [1.54, 1.807) is 30.2 Å². The fourth-order valence-electron chi connectivity index (χ4n) is 3.80. The van der Waals surface area contributed by atoms with Crippen molar-refractivity contribution in [3.63, 3.8) is 0 Å². The quantitative estimate of drug-likeness (QED) is 0.636. The third-order valence-electron chi connectivity index (χ3n) is 5.55. The first-order valence-corrected chi connectivity index (χ1v) is 10.2. The summed E-state index contributed by atoms with van der Waals surface area (Å²) < 4.78 is 1.54. The molecule has 2 amide bonds. The van der Waals surface area contributed by atoms with Crippen LogP contribution in [0.15, 0.2) is 59.5 Å². The van der Waals surface area contributed by atoms with Gasteiger partial charge in [0, 0.05) is 49.3 Å². The monoisotopic (exact) mass is 419 g/mol. The molecule has 31 heavy (non-hydrogen) atoms. The van der Waals surface area contributed by atoms with Crippen LogP contribution >= 0.6 is 0 Å². The molecular weight excluding hydrogens is 394 g/mol. The molecule has 1 fully saturated rings. The zero-order valence-electron chi connectivity index (χ0n) is 17.6. The van der Waals surface area contributed by atoms with E-state index in [1.807, 2.05) is 43.3 Å². The van der Waals surface area contributed by atoms with Gasteiger partial charge in [-0.25, -0.2) is 9.59 Å². The van der Waals surface area contributed by atoms with Crippen LogP contribution in [0.4, 0.5) is 16.2 Å². The summed E-state index contributed by atoms with van der Waals surface area (Å²) in [6.07, 6.45) is 1.64. The van der Waals surface area contributed by atoms with Gasteiger partial charge < -0.3 is 20.1 Å². The highest BCUT2D eigenvalue weighted by Gasteiger charge is 2.22. The number of Topliss-reactive ketones (excluding diaryl/α,β-unsaturated/α-hetero) is 1. The van der Waals surface area contributed by atoms with Crippen molar-refractivity contribution in [2.45, 2.75) is 13.8 Å². The Labute approximate surface area is 180 Å². The number of H-pyrrole nitrogens is 1. The molecule has 8 heteroatoms. The molecule has 2 heterocycles. The van der Waals surface area contributed by atoms with Gasteiger partial charge in [-0.2, -0.15) is 0 Å². The van der Waals surface area contributed by atoms with Crippen LogP contribution in [-0.2, 0) is 0 Å². The van der Waals surface area contributed by atoms with E-state index in [0.29, 0.717) is 43.1 Å². The second kappa shape index (κ2) is 8.51. The van der Waals surface area contributed by atoms with E-state index in [-0.39, 0.29) is 17.5 Å². The molecule has 1 aliphatic heterocycles. The molecule has 0 unspecified atom stereocenters. The number of carbonyl (C=O) groups excluding carboxylic acids is 2. The highest BCUT2D eigenvalue weighted by Crippen LogP contribution is 2.22. The van der Waals surface area contributed by atoms with E-state index in [4.69, 9.17) is 0 Å². The average molecular weight is 419 g/mol. The summed E-state index contributed by atoms with van der Waals surface area (Å²) >= 11 is 0. The van der Waals surface area contributed by atoms with Crippen molar-refractivity contribution in [1.29, 1.82) is 0 Å². The molecule has 1 aromatic heterocycles. The lowest BCUT2D eigenvalue weighted by molar-refractivity contribution is 0.101. The number of hydrogen-bond acceptors (Lipinski definition) is 4. The molecule has 1 saturated heterocycles. The Hall–Kier alpha value is -3.81. The van der Waals surface area contributed by atoms with Gasteiger partial charge in [0.25, 0.3) is 0 Å². The smallest absolute Gasteiger partial charge is 0.330 e. The lowest BCUT2D eigenvalue weighted by atomic mass is 10.1. The summed E-state index contributed by atoms with van der Waals surface area (Å²) in [5.41, 5.74) is 3.46. The molecule has 8 nitrogen and oxygen atoms in total. The van der Waals surface area contributed by atoms with Gasteiger partial charge in [0.1, 0.15) is 0 Å². The Morgan fingerprint density at radius 1 is 0.968 bits per heavy atom. The third kappa shape index (κ3) is 4.23. The molecule has 0 aliphatic carbocycles. The summed E-state index contributed by atoms with van der Waals surface area (Å²) in [6, 6.07) is 14.6. The molecule has 0 radical (unpaired) electrons. The van der Waals surface area contributed by atoms with Crippen molar-refractivity contribution < 1.29 is 9.59 Å². The van der Waals surface area contributed by atoms with Crippen molar-refractivity contribution in [3.05, 3.63) is 76.5 Å². The SMILES string of the molecule is CC(=O)c1ccc(N2CCN(C(=O)Nc3ccccc3-n3c(C)c[nH]c3=O)CC2)cc1. The Balaban J connectivity index is 1.42. The van der Waals surface area contributed by atoms with Crippen LogP contribution in [0.5, 0.6) is 0 Å². The number of benzene rings is 2. The average Bonchev–Trinajstić information content (AvgIpc) is 3.12. The van der Waals surface area contributed by atoms with Crippen LogP contribution in [0.3, 0.4) is 0 Å². The number of imidazole rings is 1. The molecule has 3 aromatic rings. The van der Waals surface area contributed by atoms with Crippen molar-refractivity contribution in [3.8, 4) is 5.69 Å². The Kier molecular flexibility index (Phi) is 5.62. The second-order valence-electron chi connectivity index (χ2n) is 7.60. The van der Waals surface area contributed by atoms with Crippen LogP contribution in [0, 0.1) is 6.92 Å². The number of para-hydroxylation sites is 2. The number of rotatable bonds is 4. The maximum Gasteiger partial charge on any atom is 0.330 e. The van der Waals surface area contributed by atoms with Gasteiger partial charge in [-0.1, -0.05) is 12.1 Å². The third-order valence-corrected chi connectivity index (χ3v) is 5.55. The number of aromatic amines is 1. The topological polar surface area (TPSA) is 90.4 Å². The molecule has 0 spiro atoms. The summed E-state index contributed by atoms with van der Waals surface area (Å²) in [4.78, 5) is 43.1. The second-order valence-corrected chi connectivity index (χ2v) is 7.60. The van der Waals surface area contributed by atoms with Crippen LogP contribution in [-0.4, -0.2) is 52.4 Å². The first kappa shape index (κ1) is 20.5. The number of aryl methyl sites for hydroxylation is 1. The largest absolute Gasteiger partial charge is 0.368 e. The number of nitrogens with one attached hydrogen (secondary N) is 2. The number of nitrogens with zero attached hydrogens (tertiary/aromatic N) is 3. The molecular formula is C23H25N5O3. The van der Waals surface area contributed by atoms with Gasteiger partial charge in [0.2, 0.25) is 0 Å². The van der Waals surface area contributed by atoms with Crippen LogP contribution in [0.2, 0.25) is 0 Å². The molecule has 0 saturated carbocycles. The molecule has 0 bridgehead atoms. The summed E-state index contributed by atoms with van der Waals surface area (Å²) in [6.45, 7) is 5.93. The highest BCUT2D eigenvalue weighted by molar-refractivity contribution is 5.94. The van der Waals surface area contributed by atoms with Crippen LogP contribution < -0.4 is 15.9 Å². The van der Waals surface area contributed by atoms with E-state index in [2.05, 4.69) is 15.2 Å². The minimum Gasteiger partial charge on any atom is -0.368 e. The lowest BCUT2D eigenvalue weighted by Gasteiger charge is -2.36. The number of anilines is 2. The predicted octanol–water partition coefficient (Wildman–Crippen LogP) is 3.03. The number of ketones is 1. The summed E-state index contributed by atoms with van der Waals surface area (Å²) in [5.74, 6) is 0.0467. The molecule has 2 N–H and O–H groups in total. The fourth-order valence-corrected chi connectivity index (χ4v) is 3.80. The molecule has 2 aromatic carbocycles. The molecule has 0 atom stereocenters. The predicted molar refractivity (Wildman–Crippen MR) is 120 cm³/mol. The van der Waals surface area contributed by atoms with Crippen molar-refractivity contribution >= 4 is 23.2 Å². The van der Waals surface area contributed by atoms with E-state index >= 15 is 0 Å². The van der Waals surface area contributed by atoms with Gasteiger partial charge in [0.15, 0.2) is 5.78 Å². The zero-order chi connectivity index (χ0) is 22.0. The molecule has 4 rings (SSSR count). The number of aromatic nitrogens is 2. The van der Waals surface area contributed by atoms with Gasteiger partial charge in [-0.15, -0.1) is 0 Å². The van der Waals surface area contributed by atoms with Crippen molar-refractivity contribution in [1.82, 2.24) is 14.5 Å². The van der Waals surface area contributed by atoms with Crippen LogP contribution in [0.1, 0.15) is 23.0 Å². The summed E-state index contributed by atoms with van der Waals surface area (Å²) in [7, 11) is 0. The first-order valence-electron chi connectivity index (χ1n) is 10.2. The van der Waals surface area contributed by atoms with Crippen molar-refractivity contribution in [2.24, 2.45) is 0 Å². The molecule has 160 valence electrons. The highest BCUT2D eigenvalue weighted by atomic mass is 16.2. The number of amides is 2.